The van der Waals surface area contributed by atoms with Gasteiger partial charge in [0.05, 0.1) is 48.1 Å². The van der Waals surface area contributed by atoms with Crippen LogP contribution in [0.5, 0.6) is 0 Å². The number of nitro benzene ring substituents is 1. The van der Waals surface area contributed by atoms with Crippen LogP contribution in [-0.4, -0.2) is 97.1 Å². The first-order valence-electron chi connectivity index (χ1n) is 13.7. The fourth-order valence-corrected chi connectivity index (χ4v) is 4.48. The number of ether oxygens (including phenoxy) is 2. The number of nitrogens with two attached hydrogens (primary N) is 1. The van der Waals surface area contributed by atoms with Crippen molar-refractivity contribution in [2.75, 3.05) is 34.4 Å². The van der Waals surface area contributed by atoms with Crippen molar-refractivity contribution in [2.45, 2.75) is 84.2 Å². The van der Waals surface area contributed by atoms with E-state index < -0.39 is 35.3 Å². The molecule has 0 aliphatic heterocycles. The van der Waals surface area contributed by atoms with E-state index in [9.17, 15) is 24.5 Å². The average Bonchev–Trinajstić information content (AvgIpc) is 2.93. The third-order valence-electron chi connectivity index (χ3n) is 7.42. The molecule has 226 valence electrons. The zero-order chi connectivity index (χ0) is 30.6. The van der Waals surface area contributed by atoms with Crippen molar-refractivity contribution in [1.29, 1.82) is 0 Å². The molecule has 0 aliphatic rings. The van der Waals surface area contributed by atoms with Crippen molar-refractivity contribution in [1.82, 2.24) is 15.1 Å². The number of nitro groups is 1. The van der Waals surface area contributed by atoms with Crippen molar-refractivity contribution in [3.8, 4) is 0 Å². The first kappa shape index (κ1) is 34.9. The number of likely N-dealkylation sites (N-methyl/N-ethyl adjacent to an activating group) is 2. The molecule has 3 N–H and O–H groups in total. The van der Waals surface area contributed by atoms with Crippen LogP contribution in [0.4, 0.5) is 5.69 Å². The Hall–Kier alpha value is -3.09. The smallest absolute Gasteiger partial charge is 0.269 e. The van der Waals surface area contributed by atoms with Gasteiger partial charge in [0.25, 0.3) is 5.69 Å². The minimum atomic E-state index is -0.646. The van der Waals surface area contributed by atoms with E-state index in [1.54, 1.807) is 24.1 Å². The normalized spacial score (nSPS) is 15.1. The number of carbonyl (C=O) groups excluding carboxylic acids is 3. The van der Waals surface area contributed by atoms with E-state index in [0.717, 1.165) is 5.56 Å². The summed E-state index contributed by atoms with van der Waals surface area (Å²) in [6.45, 7) is 9.96. The highest BCUT2D eigenvalue weighted by molar-refractivity contribution is 5.82. The van der Waals surface area contributed by atoms with Crippen molar-refractivity contribution < 1.29 is 28.8 Å². The van der Waals surface area contributed by atoms with Gasteiger partial charge in [-0.25, -0.2) is 0 Å². The average molecular weight is 566 g/mol. The Bertz CT molecular complexity index is 990. The standard InChI is InChI=1S/C28H47N5O7/c1-9-32(26(35)17-24(40-8)19(4)31(6)28(36)27(29)18(2)3)20(5)23(39-7)16-25(34)30-14-13-21-11-10-12-22(15-21)33(37)38/h10-12,15,18-20,23-24,27H,9,13-14,16-17,29H2,1-8H3,(H,30,34)/t19-,20-,23+,24+,27-/m0/s1. The molecule has 1 aromatic rings. The molecular formula is C28H47N5O7. The molecule has 0 aromatic heterocycles. The third kappa shape index (κ3) is 10.1. The minimum absolute atomic E-state index is 0.00362. The molecule has 0 radical (unpaired) electrons. The number of rotatable bonds is 17. The number of amides is 3. The lowest BCUT2D eigenvalue weighted by Crippen LogP contribution is -2.53. The van der Waals surface area contributed by atoms with Crippen LogP contribution in [0, 0.1) is 16.0 Å². The van der Waals surface area contributed by atoms with Crippen LogP contribution in [0.15, 0.2) is 24.3 Å². The molecule has 40 heavy (non-hydrogen) atoms. The predicted octanol–water partition coefficient (Wildman–Crippen LogP) is 2.13. The molecule has 0 saturated heterocycles. The maximum Gasteiger partial charge on any atom is 0.269 e. The zero-order valence-corrected chi connectivity index (χ0v) is 25.1. The van der Waals surface area contributed by atoms with E-state index >= 15 is 0 Å². The lowest BCUT2D eigenvalue weighted by atomic mass is 10.0. The maximum atomic E-state index is 13.3. The van der Waals surface area contributed by atoms with Crippen molar-refractivity contribution in [2.24, 2.45) is 11.7 Å². The first-order chi connectivity index (χ1) is 18.8. The summed E-state index contributed by atoms with van der Waals surface area (Å²) in [5.74, 6) is -0.675. The highest BCUT2D eigenvalue weighted by Gasteiger charge is 2.33. The van der Waals surface area contributed by atoms with Crippen LogP contribution in [-0.2, 0) is 30.3 Å². The van der Waals surface area contributed by atoms with E-state index in [1.165, 1.54) is 31.3 Å². The van der Waals surface area contributed by atoms with Gasteiger partial charge in [0, 0.05) is 46.5 Å². The monoisotopic (exact) mass is 565 g/mol. The molecule has 0 heterocycles. The molecule has 0 saturated carbocycles. The lowest BCUT2D eigenvalue weighted by Gasteiger charge is -2.36. The summed E-state index contributed by atoms with van der Waals surface area (Å²) in [5.41, 5.74) is 6.79. The predicted molar refractivity (Wildman–Crippen MR) is 153 cm³/mol. The fourth-order valence-electron chi connectivity index (χ4n) is 4.48. The number of hydrogen-bond donors (Lipinski definition) is 2. The van der Waals surface area contributed by atoms with Gasteiger partial charge in [0.15, 0.2) is 0 Å². The van der Waals surface area contributed by atoms with Gasteiger partial charge in [-0.2, -0.15) is 0 Å². The van der Waals surface area contributed by atoms with Gasteiger partial charge in [0.1, 0.15) is 0 Å². The SMILES string of the molecule is CCN(C(=O)C[C@@H](OC)[C@H](C)N(C)C(=O)[C@@H](N)C(C)C)[C@@H](C)[C@@H](CC(=O)NCCc1cccc([N+](=O)[O-])c1)OC. The summed E-state index contributed by atoms with van der Waals surface area (Å²) in [7, 11) is 4.66. The van der Waals surface area contributed by atoms with Crippen LogP contribution >= 0.6 is 0 Å². The van der Waals surface area contributed by atoms with Gasteiger partial charge >= 0.3 is 0 Å². The van der Waals surface area contributed by atoms with Crippen LogP contribution in [0.25, 0.3) is 0 Å². The summed E-state index contributed by atoms with van der Waals surface area (Å²) >= 11 is 0. The Morgan fingerprint density at radius 3 is 2.17 bits per heavy atom. The lowest BCUT2D eigenvalue weighted by molar-refractivity contribution is -0.384. The van der Waals surface area contributed by atoms with Crippen molar-refractivity contribution in [3.05, 3.63) is 39.9 Å². The third-order valence-corrected chi connectivity index (χ3v) is 7.42. The van der Waals surface area contributed by atoms with Gasteiger partial charge in [-0.15, -0.1) is 0 Å². The van der Waals surface area contributed by atoms with Gasteiger partial charge in [-0.1, -0.05) is 26.0 Å². The minimum Gasteiger partial charge on any atom is -0.379 e. The largest absolute Gasteiger partial charge is 0.379 e. The molecule has 0 fully saturated rings. The summed E-state index contributed by atoms with van der Waals surface area (Å²) in [6, 6.07) is 4.83. The maximum absolute atomic E-state index is 13.3. The molecular weight excluding hydrogens is 518 g/mol. The molecule has 1 rings (SSSR count). The zero-order valence-electron chi connectivity index (χ0n) is 25.1. The van der Waals surface area contributed by atoms with Crippen LogP contribution in [0.2, 0.25) is 0 Å². The van der Waals surface area contributed by atoms with Crippen LogP contribution < -0.4 is 11.1 Å². The summed E-state index contributed by atoms with van der Waals surface area (Å²) in [5, 5.41) is 13.8. The topological polar surface area (TPSA) is 157 Å². The molecule has 3 amide bonds. The molecule has 0 unspecified atom stereocenters. The molecule has 0 bridgehead atoms. The first-order valence-corrected chi connectivity index (χ1v) is 13.7. The van der Waals surface area contributed by atoms with Gasteiger partial charge < -0.3 is 30.3 Å². The number of hydrogen-bond acceptors (Lipinski definition) is 8. The van der Waals surface area contributed by atoms with Gasteiger partial charge in [-0.3, -0.25) is 24.5 Å². The quantitative estimate of drug-likeness (QED) is 0.215. The van der Waals surface area contributed by atoms with E-state index in [-0.39, 0.29) is 42.2 Å². The second kappa shape index (κ2) is 16.9. The molecule has 0 spiro atoms. The van der Waals surface area contributed by atoms with Crippen molar-refractivity contribution >= 4 is 23.4 Å². The van der Waals surface area contributed by atoms with E-state index in [2.05, 4.69) is 5.32 Å². The molecule has 5 atom stereocenters. The van der Waals surface area contributed by atoms with E-state index in [0.29, 0.717) is 19.5 Å². The summed E-state index contributed by atoms with van der Waals surface area (Å²) in [4.78, 5) is 52.4. The highest BCUT2D eigenvalue weighted by atomic mass is 16.6. The van der Waals surface area contributed by atoms with Gasteiger partial charge in [0.2, 0.25) is 17.7 Å². The second-order valence-corrected chi connectivity index (χ2v) is 10.4. The van der Waals surface area contributed by atoms with Crippen LogP contribution in [0.1, 0.15) is 53.0 Å². The Labute approximate surface area is 237 Å². The van der Waals surface area contributed by atoms with Gasteiger partial charge in [-0.05, 0) is 38.7 Å². The fraction of sp³-hybridized carbons (Fsp3) is 0.679. The Morgan fingerprint density at radius 1 is 1.05 bits per heavy atom. The van der Waals surface area contributed by atoms with E-state index in [1.807, 2.05) is 34.6 Å². The van der Waals surface area contributed by atoms with Crippen molar-refractivity contribution in [3.63, 3.8) is 0 Å². The highest BCUT2D eigenvalue weighted by Crippen LogP contribution is 2.18. The number of nitrogens with zero attached hydrogens (tertiary/aromatic N) is 3. The summed E-state index contributed by atoms with van der Waals surface area (Å²) in [6.07, 6.45) is -0.606. The Morgan fingerprint density at radius 2 is 1.65 bits per heavy atom. The molecule has 12 nitrogen and oxygen atoms in total. The summed E-state index contributed by atoms with van der Waals surface area (Å²) < 4.78 is 11.2. The number of nitrogens with one attached hydrogen (secondary N) is 1. The van der Waals surface area contributed by atoms with E-state index in [4.69, 9.17) is 15.2 Å². The Balaban J connectivity index is 2.77. The molecule has 0 aliphatic carbocycles. The van der Waals surface area contributed by atoms with Crippen LogP contribution in [0.3, 0.4) is 0 Å². The molecule has 12 heteroatoms. The Kier molecular flexibility index (Phi) is 14.7. The molecule has 1 aromatic carbocycles. The number of carbonyl (C=O) groups is 3. The second-order valence-electron chi connectivity index (χ2n) is 10.4. The number of methoxy groups -OCH3 is 2. The number of non-ortho nitro benzene ring substituents is 1. The number of benzene rings is 1.